The van der Waals surface area contributed by atoms with Crippen LogP contribution >= 0.6 is 0 Å². The second-order valence-electron chi connectivity index (χ2n) is 6.92. The standard InChI is InChI=1S/C21H28N2O4S/c1-6-16-7-10-18(11-8-16)22-21(24)14-23(4)28(25,26)20-13-17(15(2)3)9-12-19(20)27-5/h7-13,15H,6,14H2,1-5H3,(H,22,24). The minimum Gasteiger partial charge on any atom is -0.495 e. The first-order valence-corrected chi connectivity index (χ1v) is 10.7. The molecule has 0 unspecified atom stereocenters. The summed E-state index contributed by atoms with van der Waals surface area (Å²) >= 11 is 0. The topological polar surface area (TPSA) is 75.7 Å². The van der Waals surface area contributed by atoms with Crippen molar-refractivity contribution < 1.29 is 17.9 Å². The smallest absolute Gasteiger partial charge is 0.246 e. The SMILES string of the molecule is CCc1ccc(NC(=O)CN(C)S(=O)(=O)c2cc(C(C)C)ccc2OC)cc1. The molecule has 6 nitrogen and oxygen atoms in total. The van der Waals surface area contributed by atoms with Crippen LogP contribution in [0.15, 0.2) is 47.4 Å². The zero-order chi connectivity index (χ0) is 20.9. The van der Waals surface area contributed by atoms with Gasteiger partial charge < -0.3 is 10.1 Å². The largest absolute Gasteiger partial charge is 0.495 e. The number of methoxy groups -OCH3 is 1. The number of aryl methyl sites for hydroxylation is 1. The summed E-state index contributed by atoms with van der Waals surface area (Å²) in [5, 5.41) is 2.73. The quantitative estimate of drug-likeness (QED) is 0.729. The van der Waals surface area contributed by atoms with Crippen molar-refractivity contribution >= 4 is 21.6 Å². The second-order valence-corrected chi connectivity index (χ2v) is 8.94. The van der Waals surface area contributed by atoms with Gasteiger partial charge in [-0.3, -0.25) is 4.79 Å². The maximum Gasteiger partial charge on any atom is 0.246 e. The molecule has 28 heavy (non-hydrogen) atoms. The maximum absolute atomic E-state index is 13.0. The van der Waals surface area contributed by atoms with E-state index in [1.54, 1.807) is 24.3 Å². The molecule has 0 aliphatic rings. The molecule has 2 aromatic carbocycles. The third-order valence-electron chi connectivity index (χ3n) is 4.55. The van der Waals surface area contributed by atoms with E-state index in [9.17, 15) is 13.2 Å². The molecule has 0 aromatic heterocycles. The highest BCUT2D eigenvalue weighted by molar-refractivity contribution is 7.89. The van der Waals surface area contributed by atoms with Gasteiger partial charge in [-0.05, 0) is 47.7 Å². The van der Waals surface area contributed by atoms with Crippen LogP contribution in [-0.4, -0.2) is 39.3 Å². The molecule has 2 aromatic rings. The summed E-state index contributed by atoms with van der Waals surface area (Å²) in [5.74, 6) is 0.0145. The Hall–Kier alpha value is -2.38. The fraction of sp³-hybridized carbons (Fsp3) is 0.381. The Morgan fingerprint density at radius 2 is 1.79 bits per heavy atom. The first kappa shape index (κ1) is 21.9. The highest BCUT2D eigenvalue weighted by Gasteiger charge is 2.27. The summed E-state index contributed by atoms with van der Waals surface area (Å²) in [6.07, 6.45) is 0.909. The van der Waals surface area contributed by atoms with E-state index < -0.39 is 15.9 Å². The van der Waals surface area contributed by atoms with Gasteiger partial charge in [-0.25, -0.2) is 8.42 Å². The van der Waals surface area contributed by atoms with E-state index in [-0.39, 0.29) is 23.1 Å². The molecule has 7 heteroatoms. The lowest BCUT2D eigenvalue weighted by Crippen LogP contribution is -2.35. The number of benzene rings is 2. The first-order chi connectivity index (χ1) is 13.2. The number of hydrogen-bond donors (Lipinski definition) is 1. The summed E-state index contributed by atoms with van der Waals surface area (Å²) in [7, 11) is -1.08. The lowest BCUT2D eigenvalue weighted by molar-refractivity contribution is -0.116. The van der Waals surface area contributed by atoms with Gasteiger partial charge in [0.15, 0.2) is 0 Å². The number of hydrogen-bond acceptors (Lipinski definition) is 4. The third-order valence-corrected chi connectivity index (χ3v) is 6.38. The molecule has 0 aliphatic carbocycles. The van der Waals surface area contributed by atoms with Crippen LogP contribution in [0.25, 0.3) is 0 Å². The van der Waals surface area contributed by atoms with E-state index in [2.05, 4.69) is 12.2 Å². The maximum atomic E-state index is 13.0. The molecule has 0 atom stereocenters. The fourth-order valence-corrected chi connectivity index (χ4v) is 4.05. The normalized spacial score (nSPS) is 11.7. The Morgan fingerprint density at radius 1 is 1.14 bits per heavy atom. The lowest BCUT2D eigenvalue weighted by atomic mass is 10.0. The number of nitrogens with one attached hydrogen (secondary N) is 1. The van der Waals surface area contributed by atoms with Gasteiger partial charge >= 0.3 is 0 Å². The number of ether oxygens (including phenoxy) is 1. The van der Waals surface area contributed by atoms with Gasteiger partial charge in [-0.2, -0.15) is 4.31 Å². The molecule has 0 bridgehead atoms. The predicted octanol–water partition coefficient (Wildman–Crippen LogP) is 3.64. The minimum absolute atomic E-state index is 0.0591. The van der Waals surface area contributed by atoms with E-state index in [0.717, 1.165) is 21.9 Å². The summed E-state index contributed by atoms with van der Waals surface area (Å²) in [4.78, 5) is 12.4. The van der Waals surface area contributed by atoms with Crippen LogP contribution in [0, 0.1) is 0 Å². The van der Waals surface area contributed by atoms with Crippen molar-refractivity contribution in [1.29, 1.82) is 0 Å². The third kappa shape index (κ3) is 5.11. The summed E-state index contributed by atoms with van der Waals surface area (Å²) in [6, 6.07) is 12.6. The zero-order valence-electron chi connectivity index (χ0n) is 17.0. The van der Waals surface area contributed by atoms with E-state index >= 15 is 0 Å². The number of carbonyl (C=O) groups is 1. The summed E-state index contributed by atoms with van der Waals surface area (Å²) in [5.41, 5.74) is 2.68. The number of amides is 1. The van der Waals surface area contributed by atoms with Crippen LogP contribution in [-0.2, 0) is 21.2 Å². The highest BCUT2D eigenvalue weighted by Crippen LogP contribution is 2.29. The number of anilines is 1. The molecule has 0 saturated heterocycles. The molecule has 1 amide bonds. The van der Waals surface area contributed by atoms with Crippen LogP contribution in [0.4, 0.5) is 5.69 Å². The van der Waals surface area contributed by atoms with Crippen LogP contribution in [0.5, 0.6) is 5.75 Å². The Labute approximate surface area is 167 Å². The van der Waals surface area contributed by atoms with Gasteiger partial charge in [0.2, 0.25) is 15.9 Å². The zero-order valence-corrected chi connectivity index (χ0v) is 17.8. The number of sulfonamides is 1. The van der Waals surface area contributed by atoms with Crippen molar-refractivity contribution in [1.82, 2.24) is 4.31 Å². The molecule has 0 radical (unpaired) electrons. The molecule has 0 fully saturated rings. The fourth-order valence-electron chi connectivity index (χ4n) is 2.73. The summed E-state index contributed by atoms with van der Waals surface area (Å²) < 4.78 is 32.3. The van der Waals surface area contributed by atoms with E-state index in [0.29, 0.717) is 5.69 Å². The van der Waals surface area contributed by atoms with Gasteiger partial charge in [0.1, 0.15) is 10.6 Å². The molecular formula is C21H28N2O4S. The van der Waals surface area contributed by atoms with Gasteiger partial charge in [0.05, 0.1) is 13.7 Å². The molecule has 1 N–H and O–H groups in total. The predicted molar refractivity (Wildman–Crippen MR) is 111 cm³/mol. The number of nitrogens with zero attached hydrogens (tertiary/aromatic N) is 1. The van der Waals surface area contributed by atoms with Gasteiger partial charge in [0.25, 0.3) is 0 Å². The Kier molecular flexibility index (Phi) is 7.21. The average Bonchev–Trinajstić information content (AvgIpc) is 2.67. The van der Waals surface area contributed by atoms with Crippen LogP contribution in [0.3, 0.4) is 0 Å². The van der Waals surface area contributed by atoms with E-state index in [1.807, 2.05) is 32.0 Å². The highest BCUT2D eigenvalue weighted by atomic mass is 32.2. The van der Waals surface area contributed by atoms with Crippen LogP contribution in [0.1, 0.15) is 37.8 Å². The number of likely N-dealkylation sites (N-methyl/N-ethyl adjacent to an activating group) is 1. The molecule has 0 heterocycles. The van der Waals surface area contributed by atoms with E-state index in [4.69, 9.17) is 4.74 Å². The number of carbonyl (C=O) groups excluding carboxylic acids is 1. The van der Waals surface area contributed by atoms with Gasteiger partial charge in [-0.1, -0.05) is 39.0 Å². The van der Waals surface area contributed by atoms with Crippen molar-refractivity contribution in [2.45, 2.75) is 38.0 Å². The molecule has 2 rings (SSSR count). The first-order valence-electron chi connectivity index (χ1n) is 9.22. The van der Waals surface area contributed by atoms with E-state index in [1.165, 1.54) is 14.2 Å². The Morgan fingerprint density at radius 3 is 2.32 bits per heavy atom. The monoisotopic (exact) mass is 404 g/mol. The Bertz CT molecular complexity index is 922. The number of rotatable bonds is 8. The van der Waals surface area contributed by atoms with Crippen LogP contribution in [0.2, 0.25) is 0 Å². The van der Waals surface area contributed by atoms with Gasteiger partial charge in [-0.15, -0.1) is 0 Å². The van der Waals surface area contributed by atoms with Crippen molar-refractivity contribution in [2.24, 2.45) is 0 Å². The lowest BCUT2D eigenvalue weighted by Gasteiger charge is -2.20. The average molecular weight is 405 g/mol. The second kappa shape index (κ2) is 9.21. The van der Waals surface area contributed by atoms with Crippen LogP contribution < -0.4 is 10.1 Å². The van der Waals surface area contributed by atoms with Crippen molar-refractivity contribution in [3.8, 4) is 5.75 Å². The molecule has 152 valence electrons. The van der Waals surface area contributed by atoms with Crippen molar-refractivity contribution in [3.63, 3.8) is 0 Å². The molecular weight excluding hydrogens is 376 g/mol. The molecule has 0 aliphatic heterocycles. The molecule has 0 saturated carbocycles. The molecule has 0 spiro atoms. The minimum atomic E-state index is -3.89. The van der Waals surface area contributed by atoms with Gasteiger partial charge in [0, 0.05) is 12.7 Å². The summed E-state index contributed by atoms with van der Waals surface area (Å²) in [6.45, 7) is 5.72. The Balaban J connectivity index is 2.18. The van der Waals surface area contributed by atoms with Crippen molar-refractivity contribution in [3.05, 3.63) is 53.6 Å². The van der Waals surface area contributed by atoms with Crippen molar-refractivity contribution in [2.75, 3.05) is 26.0 Å².